The maximum atomic E-state index is 12.7. The van der Waals surface area contributed by atoms with Gasteiger partial charge in [0.25, 0.3) is 11.1 Å². The molecule has 2 aliphatic carbocycles. The minimum absolute atomic E-state index is 0.0126. The Morgan fingerprint density at radius 3 is 1.70 bits per heavy atom. The number of aryl methyl sites for hydroxylation is 3. The van der Waals surface area contributed by atoms with E-state index in [0.29, 0.717) is 36.1 Å². The number of aromatic amines is 1. The topological polar surface area (TPSA) is 107 Å². The number of rotatable bonds is 9. The van der Waals surface area contributed by atoms with Crippen LogP contribution in [0.2, 0.25) is 0 Å². The molecular weight excluding hydrogens is 673 g/mol. The molecule has 0 bridgehead atoms. The molecule has 0 radical (unpaired) electrons. The second-order valence-electron chi connectivity index (χ2n) is 14.3. The summed E-state index contributed by atoms with van der Waals surface area (Å²) in [6.07, 6.45) is 4.47. The zero-order valence-electron chi connectivity index (χ0n) is 30.8. The fourth-order valence-electron chi connectivity index (χ4n) is 7.59. The average Bonchev–Trinajstić information content (AvgIpc) is 4.15. The fraction of sp³-hybridized carbons (Fsp3) is 0.239. The van der Waals surface area contributed by atoms with Gasteiger partial charge in [-0.05, 0) is 99.7 Å². The molecule has 2 aliphatic rings. The number of imidazole rings is 1. The predicted molar refractivity (Wildman–Crippen MR) is 215 cm³/mol. The number of carbonyl (C=O) groups excluding carboxylic acids is 2. The van der Waals surface area contributed by atoms with Crippen LogP contribution in [-0.2, 0) is 13.1 Å². The molecule has 9 rings (SSSR count). The SMILES string of the molecule is CCn1c(=O)cc(C2CC2)c2cc(-c3nc(C)[nH]c3-c3ccccc3)ccc21.CCn1c(=O)cc(C2CC2)c2cc(C(=O)C(=O)c3ccccc3)ccc21. The number of hydrogen-bond acceptors (Lipinski definition) is 5. The van der Waals surface area contributed by atoms with E-state index in [1.807, 2.05) is 55.7 Å². The first-order chi connectivity index (χ1) is 26.2. The number of nitrogens with zero attached hydrogens (tertiary/aromatic N) is 3. The molecule has 0 saturated heterocycles. The second kappa shape index (κ2) is 14.3. The third-order valence-electron chi connectivity index (χ3n) is 10.6. The summed E-state index contributed by atoms with van der Waals surface area (Å²) >= 11 is 0. The van der Waals surface area contributed by atoms with Gasteiger partial charge >= 0.3 is 0 Å². The Bertz CT molecular complexity index is 2680. The van der Waals surface area contributed by atoms with Crippen molar-refractivity contribution < 1.29 is 9.59 Å². The number of hydrogen-bond donors (Lipinski definition) is 1. The predicted octanol–water partition coefficient (Wildman–Crippen LogP) is 9.23. The molecule has 2 saturated carbocycles. The van der Waals surface area contributed by atoms with Crippen molar-refractivity contribution in [3.63, 3.8) is 0 Å². The Labute approximate surface area is 313 Å². The van der Waals surface area contributed by atoms with Crippen molar-refractivity contribution in [1.29, 1.82) is 0 Å². The van der Waals surface area contributed by atoms with Crippen molar-refractivity contribution in [3.8, 4) is 22.5 Å². The van der Waals surface area contributed by atoms with Crippen molar-refractivity contribution in [2.45, 2.75) is 71.4 Å². The zero-order chi connectivity index (χ0) is 37.5. The van der Waals surface area contributed by atoms with Gasteiger partial charge in [-0.2, -0.15) is 0 Å². The summed E-state index contributed by atoms with van der Waals surface area (Å²) in [6.45, 7) is 7.18. The van der Waals surface area contributed by atoms with Gasteiger partial charge in [-0.1, -0.05) is 66.7 Å². The summed E-state index contributed by atoms with van der Waals surface area (Å²) < 4.78 is 3.56. The third-order valence-corrected chi connectivity index (χ3v) is 10.6. The van der Waals surface area contributed by atoms with Gasteiger partial charge < -0.3 is 14.1 Å². The number of fused-ring (bicyclic) bond motifs is 2. The number of carbonyl (C=O) groups is 2. The van der Waals surface area contributed by atoms with Crippen LogP contribution in [-0.4, -0.2) is 30.7 Å². The number of aromatic nitrogens is 4. The van der Waals surface area contributed by atoms with Gasteiger partial charge in [-0.3, -0.25) is 19.2 Å². The Hall–Kier alpha value is -6.15. The lowest BCUT2D eigenvalue weighted by atomic mass is 9.97. The largest absolute Gasteiger partial charge is 0.342 e. The molecule has 7 aromatic rings. The van der Waals surface area contributed by atoms with Crippen LogP contribution in [0.1, 0.15) is 89.0 Å². The Kier molecular flexibility index (Phi) is 9.28. The number of H-pyrrole nitrogens is 1. The van der Waals surface area contributed by atoms with Crippen molar-refractivity contribution >= 4 is 33.4 Å². The van der Waals surface area contributed by atoms with E-state index in [-0.39, 0.29) is 11.1 Å². The van der Waals surface area contributed by atoms with E-state index in [2.05, 4.69) is 35.3 Å². The van der Waals surface area contributed by atoms with Gasteiger partial charge in [-0.15, -0.1) is 0 Å². The van der Waals surface area contributed by atoms with Crippen LogP contribution < -0.4 is 11.1 Å². The molecule has 3 heterocycles. The number of nitrogens with one attached hydrogen (secondary N) is 1. The van der Waals surface area contributed by atoms with Crippen LogP contribution in [0.3, 0.4) is 0 Å². The number of ketones is 2. The van der Waals surface area contributed by atoms with Gasteiger partial charge in [0.15, 0.2) is 0 Å². The van der Waals surface area contributed by atoms with Crippen LogP contribution in [0.15, 0.2) is 119 Å². The maximum Gasteiger partial charge on any atom is 0.251 e. The first-order valence-corrected chi connectivity index (χ1v) is 18.9. The summed E-state index contributed by atoms with van der Waals surface area (Å²) in [7, 11) is 0. The molecule has 3 aromatic heterocycles. The third kappa shape index (κ3) is 6.64. The van der Waals surface area contributed by atoms with Crippen molar-refractivity contribution in [3.05, 3.63) is 158 Å². The molecule has 2 fully saturated rings. The molecule has 0 unspecified atom stereocenters. The van der Waals surface area contributed by atoms with Gasteiger partial charge in [0.05, 0.1) is 22.4 Å². The van der Waals surface area contributed by atoms with Crippen molar-refractivity contribution in [2.24, 2.45) is 0 Å². The molecule has 270 valence electrons. The molecule has 4 aromatic carbocycles. The molecule has 1 N–H and O–H groups in total. The highest BCUT2D eigenvalue weighted by Gasteiger charge is 2.29. The van der Waals surface area contributed by atoms with Crippen LogP contribution in [0.5, 0.6) is 0 Å². The van der Waals surface area contributed by atoms with Crippen molar-refractivity contribution in [2.75, 3.05) is 0 Å². The molecular formula is C46H42N4O4. The van der Waals surface area contributed by atoms with E-state index in [1.54, 1.807) is 53.1 Å². The highest BCUT2D eigenvalue weighted by Crippen LogP contribution is 2.44. The monoisotopic (exact) mass is 714 g/mol. The van der Waals surface area contributed by atoms with Crippen LogP contribution in [0.25, 0.3) is 44.3 Å². The van der Waals surface area contributed by atoms with Gasteiger partial charge in [-0.25, -0.2) is 4.98 Å². The van der Waals surface area contributed by atoms with E-state index in [0.717, 1.165) is 63.2 Å². The fourth-order valence-corrected chi connectivity index (χ4v) is 7.59. The Morgan fingerprint density at radius 1 is 0.630 bits per heavy atom. The van der Waals surface area contributed by atoms with Gasteiger partial charge in [0.1, 0.15) is 5.82 Å². The molecule has 54 heavy (non-hydrogen) atoms. The second-order valence-corrected chi connectivity index (χ2v) is 14.3. The highest BCUT2D eigenvalue weighted by atomic mass is 16.2. The maximum absolute atomic E-state index is 12.7. The minimum Gasteiger partial charge on any atom is -0.342 e. The molecule has 0 amide bonds. The smallest absolute Gasteiger partial charge is 0.251 e. The standard InChI is InChI=1S/C24H23N3O.C22H19NO3/c1-3-27-21-12-11-18(13-20(21)19(14-22(27)28)16-9-10-16)24-23(25-15(2)26-24)17-7-5-4-6-8-17;1-2-23-19-11-10-16(22(26)21(25)15-6-4-3-5-7-15)12-18(19)17(13-20(23)24)14-8-9-14/h4-8,11-14,16H,3,9-10H2,1-2H3,(H,25,26);3-7,10-14H,2,8-9H2,1H3. The van der Waals surface area contributed by atoms with Gasteiger partial charge in [0, 0.05) is 58.2 Å². The summed E-state index contributed by atoms with van der Waals surface area (Å²) in [5.41, 5.74) is 9.09. The first-order valence-electron chi connectivity index (χ1n) is 18.9. The van der Waals surface area contributed by atoms with E-state index < -0.39 is 11.6 Å². The number of benzene rings is 4. The lowest BCUT2D eigenvalue weighted by Gasteiger charge is -2.13. The van der Waals surface area contributed by atoms with E-state index in [4.69, 9.17) is 4.98 Å². The summed E-state index contributed by atoms with van der Waals surface area (Å²) in [4.78, 5) is 58.3. The van der Waals surface area contributed by atoms with E-state index in [9.17, 15) is 19.2 Å². The average molecular weight is 715 g/mol. The highest BCUT2D eigenvalue weighted by molar-refractivity contribution is 6.49. The zero-order valence-corrected chi connectivity index (χ0v) is 30.8. The van der Waals surface area contributed by atoms with Crippen LogP contribution in [0.4, 0.5) is 0 Å². The van der Waals surface area contributed by atoms with Crippen molar-refractivity contribution in [1.82, 2.24) is 19.1 Å². The number of Topliss-reactive ketones (excluding diaryl/α,β-unsaturated/α-hetero) is 2. The number of pyridine rings is 2. The Morgan fingerprint density at radius 2 is 1.15 bits per heavy atom. The molecule has 0 aliphatic heterocycles. The minimum atomic E-state index is -0.519. The summed E-state index contributed by atoms with van der Waals surface area (Å²) in [6, 6.07) is 34.0. The van der Waals surface area contributed by atoms with E-state index >= 15 is 0 Å². The molecule has 0 spiro atoms. The van der Waals surface area contributed by atoms with Gasteiger partial charge in [0.2, 0.25) is 11.6 Å². The van der Waals surface area contributed by atoms with Crippen LogP contribution >= 0.6 is 0 Å². The lowest BCUT2D eigenvalue weighted by Crippen LogP contribution is -2.20. The van der Waals surface area contributed by atoms with Crippen LogP contribution in [0, 0.1) is 6.92 Å². The normalized spacial score (nSPS) is 13.8. The Balaban J connectivity index is 0.000000154. The molecule has 0 atom stereocenters. The van der Waals surface area contributed by atoms with E-state index in [1.165, 1.54) is 23.8 Å². The lowest BCUT2D eigenvalue weighted by molar-refractivity contribution is 0.0817. The quantitative estimate of drug-likeness (QED) is 0.119. The molecule has 8 nitrogen and oxygen atoms in total. The first kappa shape index (κ1) is 34.9. The summed E-state index contributed by atoms with van der Waals surface area (Å²) in [5, 5.41) is 2.08. The summed E-state index contributed by atoms with van der Waals surface area (Å²) in [5.74, 6) is 0.768. The molecule has 8 heteroatoms.